The second-order valence-electron chi connectivity index (χ2n) is 28.0. The molecule has 0 aliphatic carbocycles. The van der Waals surface area contributed by atoms with Gasteiger partial charge in [-0.1, -0.05) is 273 Å². The van der Waals surface area contributed by atoms with Crippen LogP contribution < -0.4 is 20.7 Å². The maximum absolute atomic E-state index is 5.63. The van der Waals surface area contributed by atoms with E-state index >= 15 is 0 Å². The molecule has 0 amide bonds. The van der Waals surface area contributed by atoms with Crippen molar-refractivity contribution in [3.63, 3.8) is 0 Å². The highest BCUT2D eigenvalue weighted by atomic mass is 28.3. The van der Waals surface area contributed by atoms with E-state index in [1.54, 1.807) is 0 Å². The van der Waals surface area contributed by atoms with E-state index in [4.69, 9.17) is 9.97 Å². The predicted molar refractivity (Wildman–Crippen MR) is 450 cm³/mol. The van der Waals surface area contributed by atoms with E-state index < -0.39 is 8.07 Å². The molecule has 0 aliphatic heterocycles. The zero-order valence-corrected chi connectivity index (χ0v) is 59.3. The first-order chi connectivity index (χ1) is 53.1. The molecule has 0 unspecified atom stereocenters. The van der Waals surface area contributed by atoms with Crippen molar-refractivity contribution >= 4 is 116 Å². The quantitative estimate of drug-likeness (QED) is 0.0853. The highest BCUT2D eigenvalue weighted by Gasteiger charge is 2.41. The third-order valence-electron chi connectivity index (χ3n) is 22.1. The Hall–Kier alpha value is -14.0. The average molecular weight is 1380 g/mol. The zero-order chi connectivity index (χ0) is 70.5. The molecule has 0 saturated heterocycles. The smallest absolute Gasteiger partial charge is 0.179 e. The van der Waals surface area contributed by atoms with Gasteiger partial charge in [-0.25, -0.2) is 9.97 Å². The molecule has 0 aliphatic rings. The summed E-state index contributed by atoms with van der Waals surface area (Å²) in [6, 6.07) is 147. The van der Waals surface area contributed by atoms with Crippen LogP contribution in [0.3, 0.4) is 0 Å². The zero-order valence-electron chi connectivity index (χ0n) is 58.3. The lowest BCUT2D eigenvalue weighted by molar-refractivity contribution is 1.16. The van der Waals surface area contributed by atoms with Crippen molar-refractivity contribution < 1.29 is 0 Å². The Morgan fingerprint density at radius 1 is 0.168 bits per heavy atom. The summed E-state index contributed by atoms with van der Waals surface area (Å²) in [5, 5.41) is 14.9. The molecule has 5 aromatic heterocycles. The first-order valence-electron chi connectivity index (χ1n) is 36.7. The molecule has 0 fully saturated rings. The summed E-state index contributed by atoms with van der Waals surface area (Å²) >= 11 is 0. The fourth-order valence-corrected chi connectivity index (χ4v) is 22.0. The standard InChI is InChI=1S/C100H66N6Si/c1-6-28-74(29-7-1)103-92-44-20-16-40-82(92)86-62-68(50-56-96(86)103)70-52-58-98-88(64-70)84-42-18-22-46-94(84)105(98)76-32-24-26-72(60-76)90-66-91(102-100(101-90)67-48-54-81(55-49-67)107(78-34-10-3-11-35-78,79-36-12-4-13-37-79)80-38-14-5-15-39-80)73-27-25-33-77(61-73)106-95-47-23-19-43-85(95)89-65-71(53-59-99(89)106)69-51-57-97-87(63-69)83-41-17-21-45-93(83)104(97)75-30-8-2-9-31-75/h1-66H. The number of nitrogens with zero attached hydrogens (tertiary/aromatic N) is 6. The molecule has 0 radical (unpaired) electrons. The molecule has 6 nitrogen and oxygen atoms in total. The van der Waals surface area contributed by atoms with Crippen LogP contribution in [-0.4, -0.2) is 36.3 Å². The maximum atomic E-state index is 5.63. The van der Waals surface area contributed by atoms with Crippen LogP contribution in [0.15, 0.2) is 400 Å². The van der Waals surface area contributed by atoms with Crippen molar-refractivity contribution in [3.05, 3.63) is 400 Å². The van der Waals surface area contributed by atoms with Crippen molar-refractivity contribution in [2.45, 2.75) is 0 Å². The minimum atomic E-state index is -2.84. The van der Waals surface area contributed by atoms with Gasteiger partial charge in [0.1, 0.15) is 0 Å². The Morgan fingerprint density at radius 2 is 0.430 bits per heavy atom. The van der Waals surface area contributed by atoms with Gasteiger partial charge in [-0.05, 0) is 170 Å². The molecule has 16 aromatic carbocycles. The van der Waals surface area contributed by atoms with Crippen LogP contribution in [0.4, 0.5) is 0 Å². The normalized spacial score (nSPS) is 11.9. The summed E-state index contributed by atoms with van der Waals surface area (Å²) in [6.07, 6.45) is 0. The van der Waals surface area contributed by atoms with E-state index in [1.165, 1.54) is 108 Å². The number of benzene rings is 16. The van der Waals surface area contributed by atoms with Crippen molar-refractivity contribution in [1.29, 1.82) is 0 Å². The van der Waals surface area contributed by atoms with Crippen molar-refractivity contribution in [2.24, 2.45) is 0 Å². The van der Waals surface area contributed by atoms with Crippen LogP contribution >= 0.6 is 0 Å². The maximum Gasteiger partial charge on any atom is 0.179 e. The van der Waals surface area contributed by atoms with Crippen LogP contribution in [0.5, 0.6) is 0 Å². The number of fused-ring (bicyclic) bond motifs is 12. The first kappa shape index (κ1) is 61.7. The molecule has 0 atom stereocenters. The summed E-state index contributed by atoms with van der Waals surface area (Å²) in [6.45, 7) is 0. The second kappa shape index (κ2) is 25.2. The van der Waals surface area contributed by atoms with Gasteiger partial charge < -0.3 is 18.3 Å². The first-order valence-corrected chi connectivity index (χ1v) is 38.7. The third kappa shape index (κ3) is 10.1. The predicted octanol–water partition coefficient (Wildman–Crippen LogP) is 22.6. The Morgan fingerprint density at radius 3 is 0.766 bits per heavy atom. The molecule has 500 valence electrons. The lowest BCUT2D eigenvalue weighted by Crippen LogP contribution is -2.74. The fraction of sp³-hybridized carbons (Fsp3) is 0. The molecule has 107 heavy (non-hydrogen) atoms. The lowest BCUT2D eigenvalue weighted by Gasteiger charge is -2.34. The minimum absolute atomic E-state index is 0.644. The largest absolute Gasteiger partial charge is 0.309 e. The molecule has 0 saturated carbocycles. The number of hydrogen-bond donors (Lipinski definition) is 0. The van der Waals surface area contributed by atoms with Gasteiger partial charge in [-0.15, -0.1) is 0 Å². The highest BCUT2D eigenvalue weighted by Crippen LogP contribution is 2.43. The molecular formula is C100H66N6Si. The Bertz CT molecular complexity index is 6600. The summed E-state index contributed by atoms with van der Waals surface area (Å²) in [4.78, 5) is 11.3. The second-order valence-corrected chi connectivity index (χ2v) is 31.8. The molecule has 5 heterocycles. The number of aromatic nitrogens is 6. The number of hydrogen-bond acceptors (Lipinski definition) is 2. The molecule has 21 aromatic rings. The molecule has 0 N–H and O–H groups in total. The van der Waals surface area contributed by atoms with E-state index in [2.05, 4.69) is 419 Å². The van der Waals surface area contributed by atoms with Crippen LogP contribution in [0.1, 0.15) is 0 Å². The highest BCUT2D eigenvalue weighted by molar-refractivity contribution is 7.19. The van der Waals surface area contributed by atoms with E-state index in [0.29, 0.717) is 5.82 Å². The Balaban J connectivity index is 0.699. The van der Waals surface area contributed by atoms with E-state index in [9.17, 15) is 0 Å². The Labute approximate surface area is 619 Å². The van der Waals surface area contributed by atoms with Gasteiger partial charge in [0, 0.05) is 82.5 Å². The fourth-order valence-electron chi connectivity index (χ4n) is 17.3. The monoisotopic (exact) mass is 1380 g/mol. The van der Waals surface area contributed by atoms with E-state index in [1.807, 2.05) is 0 Å². The van der Waals surface area contributed by atoms with E-state index in [0.717, 1.165) is 72.9 Å². The van der Waals surface area contributed by atoms with Gasteiger partial charge in [0.05, 0.1) is 55.5 Å². The van der Waals surface area contributed by atoms with Gasteiger partial charge in [0.25, 0.3) is 0 Å². The van der Waals surface area contributed by atoms with Crippen LogP contribution in [0.25, 0.3) is 166 Å². The van der Waals surface area contributed by atoms with Gasteiger partial charge in [0.15, 0.2) is 13.9 Å². The SMILES string of the molecule is c1ccc(-n2c3ccccc3c3cc(-c4ccc5c(c4)c4ccccc4n5-c4cccc(-c5cc(-c6cccc(-n7c8ccccc8c8cc(-c9ccc%10c(c9)c9ccccc9n%10-c9ccccc9)ccc87)c6)nc(-c6ccc([Si](c7ccccc7)(c7ccccc7)c7ccccc7)cc6)n5)c4)ccc32)cc1. The average Bonchev–Trinajstić information content (AvgIpc) is 1.16. The molecule has 7 heteroatoms. The lowest BCUT2D eigenvalue weighted by atomic mass is 10.0. The van der Waals surface area contributed by atoms with Crippen LogP contribution in [0.2, 0.25) is 0 Å². The number of para-hydroxylation sites is 6. The van der Waals surface area contributed by atoms with Crippen LogP contribution in [0, 0.1) is 0 Å². The van der Waals surface area contributed by atoms with Crippen molar-refractivity contribution in [3.8, 4) is 78.9 Å². The van der Waals surface area contributed by atoms with Gasteiger partial charge in [-0.3, -0.25) is 0 Å². The molecular weight excluding hydrogens is 1310 g/mol. The number of rotatable bonds is 13. The summed E-state index contributed by atoms with van der Waals surface area (Å²) < 4.78 is 9.60. The van der Waals surface area contributed by atoms with E-state index in [-0.39, 0.29) is 0 Å². The molecule has 0 bridgehead atoms. The van der Waals surface area contributed by atoms with Gasteiger partial charge in [0.2, 0.25) is 0 Å². The topological polar surface area (TPSA) is 45.5 Å². The molecule has 0 spiro atoms. The van der Waals surface area contributed by atoms with Crippen molar-refractivity contribution in [1.82, 2.24) is 28.2 Å². The molecule has 21 rings (SSSR count). The summed E-state index contributed by atoms with van der Waals surface area (Å²) in [7, 11) is -2.84. The Kier molecular flexibility index (Phi) is 14.5. The minimum Gasteiger partial charge on any atom is -0.309 e. The van der Waals surface area contributed by atoms with Crippen LogP contribution in [-0.2, 0) is 0 Å². The summed E-state index contributed by atoms with van der Waals surface area (Å²) in [5.74, 6) is 0.644. The van der Waals surface area contributed by atoms with Crippen molar-refractivity contribution in [2.75, 3.05) is 0 Å². The third-order valence-corrected chi connectivity index (χ3v) is 26.9. The van der Waals surface area contributed by atoms with Gasteiger partial charge in [-0.2, -0.15) is 0 Å². The summed E-state index contributed by atoms with van der Waals surface area (Å²) in [5.41, 5.74) is 22.9. The van der Waals surface area contributed by atoms with Gasteiger partial charge >= 0.3 is 0 Å².